The Hall–Kier alpha value is -1.83. The van der Waals surface area contributed by atoms with Crippen LogP contribution >= 0.6 is 24.8 Å². The van der Waals surface area contributed by atoms with Crippen molar-refractivity contribution in [2.75, 3.05) is 24.5 Å². The number of anilines is 1. The van der Waals surface area contributed by atoms with Crippen LogP contribution in [0.5, 0.6) is 0 Å². The van der Waals surface area contributed by atoms with Crippen LogP contribution < -0.4 is 4.90 Å². The number of nitrogens with zero attached hydrogens (tertiary/aromatic N) is 3. The zero-order valence-corrected chi connectivity index (χ0v) is 21.2. The maximum atomic E-state index is 13.0. The molecule has 0 aliphatic carbocycles. The second-order valence-corrected chi connectivity index (χ2v) is 8.86. The van der Waals surface area contributed by atoms with E-state index in [1.54, 1.807) is 23.2 Å². The van der Waals surface area contributed by atoms with E-state index in [0.717, 1.165) is 45.0 Å². The number of carbonyl (C=O) groups is 2. The number of amides is 1. The number of pyridine rings is 1. The lowest BCUT2D eigenvalue weighted by Crippen LogP contribution is -2.45. The van der Waals surface area contributed by atoms with Crippen LogP contribution in [0.3, 0.4) is 0 Å². The first-order chi connectivity index (χ1) is 14.1. The number of likely N-dealkylation sites (tertiary alicyclic amines) is 1. The number of hydrogen-bond acceptors (Lipinski definition) is 5. The highest BCUT2D eigenvalue weighted by Gasteiger charge is 2.35. The molecule has 1 N–H and O–H groups in total. The molecule has 9 heteroatoms. The highest BCUT2D eigenvalue weighted by Crippen LogP contribution is 2.26. The summed E-state index contributed by atoms with van der Waals surface area (Å²) in [6.07, 6.45) is 6.88. The predicted octanol–water partition coefficient (Wildman–Crippen LogP) is 5.28. The Bertz CT molecular complexity index is 747. The summed E-state index contributed by atoms with van der Waals surface area (Å²) in [6, 6.07) is 3.49. The number of carboxylic acid groups (broad SMARTS) is 1. The van der Waals surface area contributed by atoms with Crippen molar-refractivity contribution in [2.24, 2.45) is 5.92 Å². The van der Waals surface area contributed by atoms with Crippen LogP contribution in [0.4, 0.5) is 10.6 Å². The molecule has 7 nitrogen and oxygen atoms in total. The third kappa shape index (κ3) is 9.35. The van der Waals surface area contributed by atoms with E-state index in [1.807, 2.05) is 20.8 Å². The molecule has 1 amide bonds. The van der Waals surface area contributed by atoms with Crippen LogP contribution in [0, 0.1) is 5.92 Å². The number of aromatic nitrogens is 1. The van der Waals surface area contributed by atoms with Gasteiger partial charge in [0, 0.05) is 31.9 Å². The molecule has 1 atom stereocenters. The highest BCUT2D eigenvalue weighted by atomic mass is 35.5. The number of halogens is 2. The van der Waals surface area contributed by atoms with E-state index in [0.29, 0.717) is 17.3 Å². The zero-order chi connectivity index (χ0) is 22.3. The van der Waals surface area contributed by atoms with Gasteiger partial charge in [0.25, 0.3) is 0 Å². The molecule has 2 rings (SSSR count). The van der Waals surface area contributed by atoms with Crippen molar-refractivity contribution in [1.82, 2.24) is 9.88 Å². The molecule has 1 saturated heterocycles. The van der Waals surface area contributed by atoms with Crippen LogP contribution in [-0.4, -0.2) is 58.3 Å². The Morgan fingerprint density at radius 2 is 1.94 bits per heavy atom. The Morgan fingerprint density at radius 1 is 1.28 bits per heavy atom. The summed E-state index contributed by atoms with van der Waals surface area (Å²) in [5.74, 6) is 0.168. The minimum absolute atomic E-state index is 0. The quantitative estimate of drug-likeness (QED) is 0.500. The Labute approximate surface area is 204 Å². The van der Waals surface area contributed by atoms with Crippen LogP contribution in [0.1, 0.15) is 59.4 Å². The maximum Gasteiger partial charge on any atom is 0.416 e. The van der Waals surface area contributed by atoms with Crippen LogP contribution in [-0.2, 0) is 9.53 Å². The van der Waals surface area contributed by atoms with Gasteiger partial charge in [0.15, 0.2) is 0 Å². The van der Waals surface area contributed by atoms with Gasteiger partial charge >= 0.3 is 12.1 Å². The first-order valence-corrected chi connectivity index (χ1v) is 10.7. The molecule has 0 radical (unpaired) electrons. The molecule has 1 aromatic heterocycles. The van der Waals surface area contributed by atoms with E-state index in [4.69, 9.17) is 9.84 Å². The van der Waals surface area contributed by atoms with Gasteiger partial charge in [-0.05, 0) is 56.9 Å². The van der Waals surface area contributed by atoms with E-state index in [-0.39, 0.29) is 30.9 Å². The number of ether oxygens (including phenoxy) is 1. The fourth-order valence-corrected chi connectivity index (χ4v) is 3.65. The molecule has 0 saturated carbocycles. The Balaban J connectivity index is 0.00000480. The van der Waals surface area contributed by atoms with Crippen molar-refractivity contribution < 1.29 is 19.4 Å². The Kier molecular flexibility index (Phi) is 12.9. The van der Waals surface area contributed by atoms with Gasteiger partial charge in [-0.1, -0.05) is 26.7 Å². The van der Waals surface area contributed by atoms with E-state index in [2.05, 4.69) is 23.7 Å². The smallest absolute Gasteiger partial charge is 0.416 e. The first kappa shape index (κ1) is 30.2. The molecule has 182 valence electrons. The summed E-state index contributed by atoms with van der Waals surface area (Å²) < 4.78 is 5.67. The van der Waals surface area contributed by atoms with E-state index < -0.39 is 17.7 Å². The average Bonchev–Trinajstić information content (AvgIpc) is 3.12. The van der Waals surface area contributed by atoms with Gasteiger partial charge in [-0.15, -0.1) is 24.8 Å². The molecule has 0 aromatic carbocycles. The predicted molar refractivity (Wildman–Crippen MR) is 133 cm³/mol. The summed E-state index contributed by atoms with van der Waals surface area (Å²) in [5, 5.41) is 8.78. The molecule has 0 unspecified atom stereocenters. The number of hydrogen-bond donors (Lipinski definition) is 1. The van der Waals surface area contributed by atoms with Gasteiger partial charge in [-0.2, -0.15) is 0 Å². The topological polar surface area (TPSA) is 83.0 Å². The van der Waals surface area contributed by atoms with E-state index in [9.17, 15) is 9.59 Å². The first-order valence-electron chi connectivity index (χ1n) is 10.7. The maximum absolute atomic E-state index is 13.0. The van der Waals surface area contributed by atoms with Crippen LogP contribution in [0.25, 0.3) is 6.08 Å². The van der Waals surface area contributed by atoms with E-state index in [1.165, 1.54) is 6.08 Å². The molecule has 0 bridgehead atoms. The average molecular weight is 490 g/mol. The van der Waals surface area contributed by atoms with Gasteiger partial charge in [0.2, 0.25) is 0 Å². The van der Waals surface area contributed by atoms with Crippen molar-refractivity contribution >= 4 is 48.8 Å². The van der Waals surface area contributed by atoms with Gasteiger partial charge in [-0.25, -0.2) is 14.6 Å². The summed E-state index contributed by atoms with van der Waals surface area (Å²) >= 11 is 0. The largest absolute Gasteiger partial charge is 0.478 e. The lowest BCUT2D eigenvalue weighted by Gasteiger charge is -2.31. The van der Waals surface area contributed by atoms with Crippen LogP contribution in [0.2, 0.25) is 0 Å². The lowest BCUT2D eigenvalue weighted by molar-refractivity contribution is -0.131. The van der Waals surface area contributed by atoms with Gasteiger partial charge < -0.3 is 14.7 Å². The van der Waals surface area contributed by atoms with Crippen LogP contribution in [0.15, 0.2) is 24.4 Å². The number of carboxylic acids is 1. The van der Waals surface area contributed by atoms with Crippen molar-refractivity contribution in [1.29, 1.82) is 0 Å². The van der Waals surface area contributed by atoms with Gasteiger partial charge in [-0.3, -0.25) is 4.90 Å². The molecular formula is C23H37Cl2N3O4. The summed E-state index contributed by atoms with van der Waals surface area (Å²) in [7, 11) is 0. The normalized spacial score (nSPS) is 16.5. The summed E-state index contributed by atoms with van der Waals surface area (Å²) in [5.41, 5.74) is 0.0555. The second-order valence-electron chi connectivity index (χ2n) is 8.86. The third-order valence-corrected chi connectivity index (χ3v) is 5.31. The van der Waals surface area contributed by atoms with Crippen molar-refractivity contribution in [3.63, 3.8) is 0 Å². The minimum atomic E-state index is -1.02. The fraction of sp³-hybridized carbons (Fsp3) is 0.609. The molecule has 1 aliphatic rings. The van der Waals surface area contributed by atoms with Crippen molar-refractivity contribution in [3.05, 3.63) is 30.0 Å². The standard InChI is InChI=1S/C23H35N3O4.2ClH/c1-6-17(7-2)15-25-13-12-19(16-25)26(22(29)30-23(3,4)5)20-10-8-18(14-24-20)9-11-21(27)28;;/h8-11,14,17,19H,6-7,12-13,15-16H2,1-5H3,(H,27,28);2*1H/t19-;;/m1../s1. The van der Waals surface area contributed by atoms with Crippen molar-refractivity contribution in [3.8, 4) is 0 Å². The lowest BCUT2D eigenvalue weighted by atomic mass is 10.0. The fourth-order valence-electron chi connectivity index (χ4n) is 3.65. The number of aliphatic carboxylic acids is 1. The van der Waals surface area contributed by atoms with Crippen molar-refractivity contribution in [2.45, 2.75) is 65.5 Å². The van der Waals surface area contributed by atoms with Gasteiger partial charge in [0.1, 0.15) is 11.4 Å². The minimum Gasteiger partial charge on any atom is -0.478 e. The molecule has 32 heavy (non-hydrogen) atoms. The molecule has 1 aromatic rings. The van der Waals surface area contributed by atoms with E-state index >= 15 is 0 Å². The molecular weight excluding hydrogens is 453 g/mol. The van der Waals surface area contributed by atoms with Gasteiger partial charge in [0.05, 0.1) is 6.04 Å². The molecule has 2 heterocycles. The summed E-state index contributed by atoms with van der Waals surface area (Å²) in [6.45, 7) is 12.8. The summed E-state index contributed by atoms with van der Waals surface area (Å²) in [4.78, 5) is 32.3. The monoisotopic (exact) mass is 489 g/mol. The number of carbonyl (C=O) groups excluding carboxylic acids is 1. The third-order valence-electron chi connectivity index (χ3n) is 5.31. The number of rotatable bonds is 8. The SMILES string of the molecule is CCC(CC)CN1CC[C@@H](N(C(=O)OC(C)(C)C)c2ccc(C=CC(=O)O)cn2)C1.Cl.Cl. The second kappa shape index (κ2) is 13.7. The molecule has 1 fully saturated rings. The highest BCUT2D eigenvalue weighted by molar-refractivity contribution is 5.88. The molecule has 1 aliphatic heterocycles. The Morgan fingerprint density at radius 3 is 2.44 bits per heavy atom. The molecule has 0 spiro atoms. The zero-order valence-electron chi connectivity index (χ0n) is 19.6.